The largest absolute Gasteiger partial charge is 0.310 e. The molecule has 84 valence electrons. The predicted octanol–water partition coefficient (Wildman–Crippen LogP) is 1.69. The second kappa shape index (κ2) is 4.08. The monoisotopic (exact) mass is 217 g/mol. The first-order valence-corrected chi connectivity index (χ1v) is 5.62. The zero-order valence-electron chi connectivity index (χ0n) is 10.0. The fourth-order valence-corrected chi connectivity index (χ4v) is 2.14. The summed E-state index contributed by atoms with van der Waals surface area (Å²) in [6.45, 7) is 6.29. The topological polar surface area (TPSA) is 25.4 Å². The highest BCUT2D eigenvalue weighted by molar-refractivity contribution is 5.73. The van der Waals surface area contributed by atoms with Crippen molar-refractivity contribution >= 4 is 11.3 Å². The molecule has 3 nitrogen and oxygen atoms in total. The van der Waals surface area contributed by atoms with Gasteiger partial charge in [0.25, 0.3) is 0 Å². The molecular formula is C13H17N2O+. The van der Waals surface area contributed by atoms with Gasteiger partial charge in [-0.25, -0.2) is 0 Å². The van der Waals surface area contributed by atoms with Gasteiger partial charge in [0, 0.05) is 19.0 Å². The fraction of sp³-hybridized carbons (Fsp3) is 0.385. The van der Waals surface area contributed by atoms with E-state index in [2.05, 4.69) is 30.4 Å². The zero-order valence-corrected chi connectivity index (χ0v) is 10.0. The van der Waals surface area contributed by atoms with Gasteiger partial charge in [0.05, 0.1) is 6.20 Å². The summed E-state index contributed by atoms with van der Waals surface area (Å²) >= 11 is 0. The summed E-state index contributed by atoms with van der Waals surface area (Å²) in [6, 6.07) is 4.22. The van der Waals surface area contributed by atoms with E-state index in [0.717, 1.165) is 6.42 Å². The Kier molecular flexibility index (Phi) is 2.77. The highest BCUT2D eigenvalue weighted by Crippen LogP contribution is 2.11. The van der Waals surface area contributed by atoms with Gasteiger partial charge in [-0.15, -0.1) is 0 Å². The number of carbonyl (C=O) groups is 1. The number of aromatic nitrogens is 2. The Balaban J connectivity index is 2.63. The third-order valence-electron chi connectivity index (χ3n) is 2.89. The van der Waals surface area contributed by atoms with Gasteiger partial charge in [-0.1, -0.05) is 6.92 Å². The van der Waals surface area contributed by atoms with E-state index < -0.39 is 0 Å². The number of aryl methyl sites for hydroxylation is 2. The van der Waals surface area contributed by atoms with Crippen LogP contribution in [0, 0.1) is 6.92 Å². The number of hydrogen-bond acceptors (Lipinski definition) is 1. The molecule has 0 bridgehead atoms. The first kappa shape index (κ1) is 10.9. The van der Waals surface area contributed by atoms with Gasteiger partial charge >= 0.3 is 0 Å². The van der Waals surface area contributed by atoms with Gasteiger partial charge in [0.15, 0.2) is 12.0 Å². The molecule has 16 heavy (non-hydrogen) atoms. The Labute approximate surface area is 95.3 Å². The number of rotatable bonds is 3. The highest BCUT2D eigenvalue weighted by Gasteiger charge is 2.15. The summed E-state index contributed by atoms with van der Waals surface area (Å²) in [5.74, 6) is 0.187. The van der Waals surface area contributed by atoms with Crippen LogP contribution in [-0.4, -0.2) is 10.2 Å². The summed E-state index contributed by atoms with van der Waals surface area (Å²) in [7, 11) is 0. The molecule has 0 aliphatic rings. The minimum absolute atomic E-state index is 0.187. The lowest BCUT2D eigenvalue weighted by Crippen LogP contribution is -2.41. The van der Waals surface area contributed by atoms with Crippen LogP contribution in [0.15, 0.2) is 24.5 Å². The van der Waals surface area contributed by atoms with E-state index in [1.165, 1.54) is 16.9 Å². The maximum absolute atomic E-state index is 11.2. The van der Waals surface area contributed by atoms with Gasteiger partial charge in [-0.05, 0) is 19.1 Å². The number of nitrogens with zero attached hydrogens (tertiary/aromatic N) is 2. The summed E-state index contributed by atoms with van der Waals surface area (Å²) in [6.07, 6.45) is 4.94. The van der Waals surface area contributed by atoms with Crippen molar-refractivity contribution in [2.75, 3.05) is 0 Å². The molecule has 0 amide bonds. The van der Waals surface area contributed by atoms with E-state index in [1.807, 2.05) is 17.0 Å². The van der Waals surface area contributed by atoms with Crippen LogP contribution in [0.1, 0.15) is 25.2 Å². The molecule has 0 aromatic carbocycles. The normalized spacial score (nSPS) is 10.9. The van der Waals surface area contributed by atoms with Crippen molar-refractivity contribution in [3.63, 3.8) is 0 Å². The molecule has 0 atom stereocenters. The third kappa shape index (κ3) is 1.73. The molecule has 0 aliphatic heterocycles. The molecule has 0 unspecified atom stereocenters. The highest BCUT2D eigenvalue weighted by atomic mass is 16.1. The summed E-state index contributed by atoms with van der Waals surface area (Å²) < 4.78 is 4.20. The quantitative estimate of drug-likeness (QED) is 0.718. The molecule has 0 saturated heterocycles. The number of carbonyl (C=O) groups excluding carboxylic acids is 1. The van der Waals surface area contributed by atoms with Gasteiger partial charge in [0.1, 0.15) is 5.52 Å². The minimum Gasteiger partial charge on any atom is -0.310 e. The van der Waals surface area contributed by atoms with Crippen LogP contribution in [-0.2, 0) is 17.8 Å². The minimum atomic E-state index is 0.187. The second-order valence-corrected chi connectivity index (χ2v) is 4.16. The van der Waals surface area contributed by atoms with E-state index in [4.69, 9.17) is 0 Å². The standard InChI is InChI=1S/C13H17N2O/c1-4-12-13-6-5-10(2)15(13)8-7-14(12)9-11(3)16/h5-8H,4,9H2,1-3H3/q+1. The molecule has 0 N–H and O–H groups in total. The van der Waals surface area contributed by atoms with E-state index in [9.17, 15) is 4.79 Å². The lowest BCUT2D eigenvalue weighted by atomic mass is 10.2. The summed E-state index contributed by atoms with van der Waals surface area (Å²) in [4.78, 5) is 11.2. The molecule has 2 aromatic rings. The first-order valence-electron chi connectivity index (χ1n) is 5.62. The maximum atomic E-state index is 11.2. The lowest BCUT2D eigenvalue weighted by Gasteiger charge is -2.04. The molecule has 2 aromatic heterocycles. The van der Waals surface area contributed by atoms with Crippen molar-refractivity contribution in [3.8, 4) is 0 Å². The molecule has 3 heteroatoms. The van der Waals surface area contributed by atoms with E-state index in [1.54, 1.807) is 6.92 Å². The van der Waals surface area contributed by atoms with Gasteiger partial charge < -0.3 is 4.40 Å². The Bertz CT molecular complexity index is 540. The zero-order chi connectivity index (χ0) is 11.7. The SMILES string of the molecule is CCc1c2ccc(C)n2cc[n+]1CC(C)=O. The molecular weight excluding hydrogens is 200 g/mol. The Morgan fingerprint density at radius 3 is 2.81 bits per heavy atom. The summed E-state index contributed by atoms with van der Waals surface area (Å²) in [5.41, 5.74) is 3.63. The van der Waals surface area contributed by atoms with Gasteiger partial charge in [0.2, 0.25) is 12.2 Å². The average Bonchev–Trinajstić information content (AvgIpc) is 2.59. The van der Waals surface area contributed by atoms with Crippen LogP contribution in [0.3, 0.4) is 0 Å². The average molecular weight is 217 g/mol. The molecule has 0 fully saturated rings. The van der Waals surface area contributed by atoms with Crippen LogP contribution < -0.4 is 4.57 Å². The molecule has 0 saturated carbocycles. The molecule has 0 radical (unpaired) electrons. The second-order valence-electron chi connectivity index (χ2n) is 4.16. The number of hydrogen-bond donors (Lipinski definition) is 0. The first-order chi connectivity index (χ1) is 7.63. The third-order valence-corrected chi connectivity index (χ3v) is 2.89. The van der Waals surface area contributed by atoms with Crippen LogP contribution in [0.25, 0.3) is 5.52 Å². The van der Waals surface area contributed by atoms with Crippen molar-refractivity contribution < 1.29 is 9.36 Å². The van der Waals surface area contributed by atoms with Gasteiger partial charge in [-0.3, -0.25) is 4.79 Å². The number of ketones is 1. The van der Waals surface area contributed by atoms with Crippen LogP contribution in [0.5, 0.6) is 0 Å². The molecule has 0 aliphatic carbocycles. The number of Topliss-reactive ketones (excluding diaryl/α,β-unsaturated/α-hetero) is 1. The van der Waals surface area contributed by atoms with Crippen LogP contribution in [0.2, 0.25) is 0 Å². The van der Waals surface area contributed by atoms with E-state index >= 15 is 0 Å². The Morgan fingerprint density at radius 1 is 1.44 bits per heavy atom. The number of fused-ring (bicyclic) bond motifs is 1. The maximum Gasteiger partial charge on any atom is 0.206 e. The lowest BCUT2D eigenvalue weighted by molar-refractivity contribution is -0.690. The van der Waals surface area contributed by atoms with E-state index in [-0.39, 0.29) is 5.78 Å². The molecule has 2 heterocycles. The predicted molar refractivity (Wildman–Crippen MR) is 62.4 cm³/mol. The molecule has 0 spiro atoms. The fourth-order valence-electron chi connectivity index (χ4n) is 2.14. The molecule has 2 rings (SSSR count). The van der Waals surface area contributed by atoms with Crippen LogP contribution in [0.4, 0.5) is 0 Å². The smallest absolute Gasteiger partial charge is 0.206 e. The van der Waals surface area contributed by atoms with Crippen molar-refractivity contribution in [3.05, 3.63) is 35.9 Å². The van der Waals surface area contributed by atoms with E-state index in [0.29, 0.717) is 6.54 Å². The van der Waals surface area contributed by atoms with Gasteiger partial charge in [-0.2, -0.15) is 4.57 Å². The van der Waals surface area contributed by atoms with Crippen LogP contribution >= 0.6 is 0 Å². The summed E-state index contributed by atoms with van der Waals surface area (Å²) in [5, 5.41) is 0. The van der Waals surface area contributed by atoms with Crippen molar-refractivity contribution in [1.82, 2.24) is 4.40 Å². The van der Waals surface area contributed by atoms with Crippen molar-refractivity contribution in [1.29, 1.82) is 0 Å². The Morgan fingerprint density at radius 2 is 2.19 bits per heavy atom. The Hall–Kier alpha value is -1.64. The van der Waals surface area contributed by atoms with Crippen molar-refractivity contribution in [2.45, 2.75) is 33.7 Å². The van der Waals surface area contributed by atoms with Crippen molar-refractivity contribution in [2.24, 2.45) is 0 Å².